The quantitative estimate of drug-likeness (QED) is 0.830. The molecule has 1 aliphatic rings. The second-order valence-corrected chi connectivity index (χ2v) is 5.33. The number of carbonyl (C=O) groups is 2. The van der Waals surface area contributed by atoms with Crippen LogP contribution in [0.15, 0.2) is 24.3 Å². The molecule has 0 spiro atoms. The van der Waals surface area contributed by atoms with E-state index in [9.17, 15) is 14.0 Å². The number of hydrogen-bond donors (Lipinski definition) is 0. The van der Waals surface area contributed by atoms with Crippen LogP contribution in [0.2, 0.25) is 0 Å². The van der Waals surface area contributed by atoms with Crippen LogP contribution in [0.1, 0.15) is 20.8 Å². The molecular formula is C15H19FN2O2. The maximum Gasteiger partial charge on any atom is 0.249 e. The Balaban J connectivity index is 2.17. The van der Waals surface area contributed by atoms with E-state index in [2.05, 4.69) is 0 Å². The second-order valence-electron chi connectivity index (χ2n) is 5.33. The monoisotopic (exact) mass is 278 g/mol. The zero-order valence-corrected chi connectivity index (χ0v) is 12.0. The molecule has 2 rings (SSSR count). The highest BCUT2D eigenvalue weighted by atomic mass is 19.1. The van der Waals surface area contributed by atoms with Gasteiger partial charge in [0.1, 0.15) is 11.9 Å². The van der Waals surface area contributed by atoms with Crippen LogP contribution in [-0.4, -0.2) is 35.8 Å². The summed E-state index contributed by atoms with van der Waals surface area (Å²) < 4.78 is 12.9. The lowest BCUT2D eigenvalue weighted by Gasteiger charge is -2.39. The average Bonchev–Trinajstić information content (AvgIpc) is 2.42. The third-order valence-electron chi connectivity index (χ3n) is 3.57. The van der Waals surface area contributed by atoms with Crippen LogP contribution in [0.25, 0.3) is 0 Å². The molecule has 1 saturated heterocycles. The molecule has 108 valence electrons. The zero-order valence-electron chi connectivity index (χ0n) is 12.0. The van der Waals surface area contributed by atoms with Crippen molar-refractivity contribution in [3.05, 3.63) is 30.1 Å². The molecule has 0 bridgehead atoms. The Morgan fingerprint density at radius 3 is 2.40 bits per heavy atom. The van der Waals surface area contributed by atoms with E-state index in [4.69, 9.17) is 0 Å². The summed E-state index contributed by atoms with van der Waals surface area (Å²) in [7, 11) is 0. The van der Waals surface area contributed by atoms with Crippen LogP contribution in [0.3, 0.4) is 0 Å². The Bertz CT molecular complexity index is 513. The van der Waals surface area contributed by atoms with Gasteiger partial charge in [0.2, 0.25) is 11.8 Å². The molecule has 1 aromatic rings. The molecule has 1 atom stereocenters. The largest absolute Gasteiger partial charge is 0.329 e. The van der Waals surface area contributed by atoms with E-state index < -0.39 is 6.04 Å². The topological polar surface area (TPSA) is 40.6 Å². The van der Waals surface area contributed by atoms with Gasteiger partial charge >= 0.3 is 0 Å². The Morgan fingerprint density at radius 2 is 1.85 bits per heavy atom. The van der Waals surface area contributed by atoms with Crippen molar-refractivity contribution >= 4 is 17.5 Å². The minimum absolute atomic E-state index is 0.00962. The smallest absolute Gasteiger partial charge is 0.249 e. The summed E-state index contributed by atoms with van der Waals surface area (Å²) in [6.07, 6.45) is 0. The van der Waals surface area contributed by atoms with Gasteiger partial charge in [0, 0.05) is 24.7 Å². The molecule has 0 saturated carbocycles. The second kappa shape index (κ2) is 5.61. The number of rotatable bonds is 2. The molecule has 0 N–H and O–H groups in total. The molecule has 1 unspecified atom stereocenters. The summed E-state index contributed by atoms with van der Waals surface area (Å²) >= 11 is 0. The summed E-state index contributed by atoms with van der Waals surface area (Å²) in [4.78, 5) is 27.7. The zero-order chi connectivity index (χ0) is 14.9. The van der Waals surface area contributed by atoms with Gasteiger partial charge in [0.15, 0.2) is 0 Å². The average molecular weight is 278 g/mol. The van der Waals surface area contributed by atoms with Crippen LogP contribution >= 0.6 is 0 Å². The summed E-state index contributed by atoms with van der Waals surface area (Å²) in [5.74, 6) is -0.591. The molecule has 1 heterocycles. The SMILES string of the molecule is CC(C)C(=O)N1CCN(c2ccc(F)cc2)C(=O)C1C. The molecule has 0 aromatic heterocycles. The van der Waals surface area contributed by atoms with Gasteiger partial charge in [-0.15, -0.1) is 0 Å². The van der Waals surface area contributed by atoms with Gasteiger partial charge in [-0.25, -0.2) is 4.39 Å². The fraction of sp³-hybridized carbons (Fsp3) is 0.467. The lowest BCUT2D eigenvalue weighted by molar-refractivity contribution is -0.143. The summed E-state index contributed by atoms with van der Waals surface area (Å²) in [6.45, 7) is 6.32. The van der Waals surface area contributed by atoms with Gasteiger partial charge in [0.25, 0.3) is 0 Å². The first kappa shape index (κ1) is 14.5. The highest BCUT2D eigenvalue weighted by Crippen LogP contribution is 2.21. The highest BCUT2D eigenvalue weighted by molar-refractivity contribution is 6.00. The van der Waals surface area contributed by atoms with E-state index >= 15 is 0 Å². The first-order chi connectivity index (χ1) is 9.41. The highest BCUT2D eigenvalue weighted by Gasteiger charge is 2.35. The van der Waals surface area contributed by atoms with Gasteiger partial charge in [-0.2, -0.15) is 0 Å². The van der Waals surface area contributed by atoms with Gasteiger partial charge in [-0.3, -0.25) is 9.59 Å². The van der Waals surface area contributed by atoms with E-state index in [1.165, 1.54) is 12.1 Å². The number of amides is 2. The van der Waals surface area contributed by atoms with Crippen molar-refractivity contribution in [3.8, 4) is 0 Å². The number of nitrogens with zero attached hydrogens (tertiary/aromatic N) is 2. The van der Waals surface area contributed by atoms with Crippen molar-refractivity contribution in [2.24, 2.45) is 5.92 Å². The number of anilines is 1. The number of halogens is 1. The van der Waals surface area contributed by atoms with Crippen molar-refractivity contribution in [2.45, 2.75) is 26.8 Å². The van der Waals surface area contributed by atoms with E-state index in [0.717, 1.165) is 0 Å². The number of piperazine rings is 1. The molecule has 1 fully saturated rings. The maximum atomic E-state index is 12.9. The number of carbonyl (C=O) groups excluding carboxylic acids is 2. The Labute approximate surface area is 118 Å². The Hall–Kier alpha value is -1.91. The minimum atomic E-state index is -0.483. The van der Waals surface area contributed by atoms with Crippen molar-refractivity contribution in [2.75, 3.05) is 18.0 Å². The molecule has 1 aromatic carbocycles. The van der Waals surface area contributed by atoms with Gasteiger partial charge in [-0.1, -0.05) is 13.8 Å². The molecule has 2 amide bonds. The summed E-state index contributed by atoms with van der Waals surface area (Å²) in [6, 6.07) is 5.35. The van der Waals surface area contributed by atoms with Crippen LogP contribution in [0.5, 0.6) is 0 Å². The van der Waals surface area contributed by atoms with Gasteiger partial charge < -0.3 is 9.80 Å². The van der Waals surface area contributed by atoms with Crippen LogP contribution in [0.4, 0.5) is 10.1 Å². The fourth-order valence-corrected chi connectivity index (χ4v) is 2.38. The number of hydrogen-bond acceptors (Lipinski definition) is 2. The van der Waals surface area contributed by atoms with Crippen molar-refractivity contribution < 1.29 is 14.0 Å². The van der Waals surface area contributed by atoms with E-state index in [1.807, 2.05) is 13.8 Å². The fourth-order valence-electron chi connectivity index (χ4n) is 2.38. The van der Waals surface area contributed by atoms with E-state index in [0.29, 0.717) is 18.8 Å². The van der Waals surface area contributed by atoms with Gasteiger partial charge in [0.05, 0.1) is 0 Å². The molecule has 5 heteroatoms. The third-order valence-corrected chi connectivity index (χ3v) is 3.57. The van der Waals surface area contributed by atoms with Crippen LogP contribution < -0.4 is 4.90 Å². The summed E-state index contributed by atoms with van der Waals surface area (Å²) in [5, 5.41) is 0. The maximum absolute atomic E-state index is 12.9. The molecule has 0 aliphatic carbocycles. The Morgan fingerprint density at radius 1 is 1.25 bits per heavy atom. The van der Waals surface area contributed by atoms with Gasteiger partial charge in [-0.05, 0) is 31.2 Å². The molecule has 1 aliphatic heterocycles. The molecule has 20 heavy (non-hydrogen) atoms. The molecular weight excluding hydrogens is 259 g/mol. The number of benzene rings is 1. The normalized spacial score (nSPS) is 19.6. The lowest BCUT2D eigenvalue weighted by atomic mass is 10.1. The summed E-state index contributed by atoms with van der Waals surface area (Å²) in [5.41, 5.74) is 0.667. The Kier molecular flexibility index (Phi) is 4.06. The first-order valence-electron chi connectivity index (χ1n) is 6.79. The molecule has 0 radical (unpaired) electrons. The van der Waals surface area contributed by atoms with E-state index in [1.54, 1.807) is 28.9 Å². The van der Waals surface area contributed by atoms with E-state index in [-0.39, 0.29) is 23.5 Å². The van der Waals surface area contributed by atoms with Crippen molar-refractivity contribution in [1.82, 2.24) is 4.90 Å². The van der Waals surface area contributed by atoms with Crippen molar-refractivity contribution in [3.63, 3.8) is 0 Å². The minimum Gasteiger partial charge on any atom is -0.329 e. The van der Waals surface area contributed by atoms with Crippen LogP contribution in [0, 0.1) is 11.7 Å². The third kappa shape index (κ3) is 2.66. The first-order valence-corrected chi connectivity index (χ1v) is 6.79. The van der Waals surface area contributed by atoms with Crippen molar-refractivity contribution in [1.29, 1.82) is 0 Å². The predicted octanol–water partition coefficient (Wildman–Crippen LogP) is 2.05. The van der Waals surface area contributed by atoms with Crippen LogP contribution in [-0.2, 0) is 9.59 Å². The standard InChI is InChI=1S/C15H19FN2O2/c1-10(2)14(19)17-8-9-18(15(20)11(17)3)13-6-4-12(16)5-7-13/h4-7,10-11H,8-9H2,1-3H3. The predicted molar refractivity (Wildman–Crippen MR) is 74.8 cm³/mol. The molecule has 4 nitrogen and oxygen atoms in total. The lowest BCUT2D eigenvalue weighted by Crippen LogP contribution is -2.58.